The summed E-state index contributed by atoms with van der Waals surface area (Å²) < 4.78 is 309. The van der Waals surface area contributed by atoms with Gasteiger partial charge in [-0.1, -0.05) is 0 Å². The van der Waals surface area contributed by atoms with Crippen molar-refractivity contribution in [2.24, 2.45) is 0 Å². The summed E-state index contributed by atoms with van der Waals surface area (Å²) in [7, 11) is 0. The average molecular weight is 890 g/mol. The topological polar surface area (TPSA) is 18.5 Å². The molecule has 2 nitrogen and oxygen atoms in total. The number of rotatable bonds is 6. The van der Waals surface area contributed by atoms with E-state index in [1.807, 2.05) is 0 Å². The van der Waals surface area contributed by atoms with Gasteiger partial charge < -0.3 is 0 Å². The Balaban J connectivity index is 1.81. The molecule has 4 aromatic carbocycles. The van der Waals surface area contributed by atoms with Gasteiger partial charge in [0.2, 0.25) is 0 Å². The van der Waals surface area contributed by atoms with Crippen molar-refractivity contribution in [1.29, 1.82) is 0 Å². The van der Waals surface area contributed by atoms with Gasteiger partial charge in [-0.3, -0.25) is 0 Å². The molecule has 4 aromatic rings. The molecule has 0 bridgehead atoms. The fourth-order valence-electron chi connectivity index (χ4n) is 3.75. The Kier molecular flexibility index (Phi) is 10.4. The third-order valence-corrected chi connectivity index (χ3v) is 9.20. The maximum atomic E-state index is 14.8. The van der Waals surface area contributed by atoms with E-state index < -0.39 is 168 Å². The molecule has 0 saturated carbocycles. The third-order valence-electron chi connectivity index (χ3n) is 5.99. The summed E-state index contributed by atoms with van der Waals surface area (Å²) in [5.74, 6) is -60.1. The molecule has 0 atom stereocenters. The van der Waals surface area contributed by atoms with Crippen molar-refractivity contribution >= 4 is 28.1 Å². The molecule has 0 fully saturated rings. The number of hydrogen-bond acceptors (Lipinski definition) is 2. The van der Waals surface area contributed by atoms with Crippen LogP contribution < -0.4 is 16.7 Å². The predicted molar refractivity (Wildman–Crippen MR) is 120 cm³/mol. The van der Waals surface area contributed by atoms with Crippen LogP contribution in [0.3, 0.4) is 0 Å². The number of ether oxygens (including phenoxy) is 2. The van der Waals surface area contributed by atoms with Crippen molar-refractivity contribution < 1.29 is 106 Å². The van der Waals surface area contributed by atoms with Gasteiger partial charge in [0.1, 0.15) is 0 Å². The van der Waals surface area contributed by atoms with E-state index in [1.165, 1.54) is 0 Å². The fourth-order valence-corrected chi connectivity index (χ4v) is 6.38. The molecule has 0 aliphatic rings. The van der Waals surface area contributed by atoms with Crippen LogP contribution in [0, 0.1) is 93.1 Å². The predicted octanol–water partition coefficient (Wildman–Crippen LogP) is 9.19. The van der Waals surface area contributed by atoms with Crippen LogP contribution in [-0.2, 0) is 12.4 Å². The molecule has 0 aliphatic heterocycles. The minimum atomic E-state index is -6.13. The van der Waals surface area contributed by atoms with Gasteiger partial charge in [-0.2, -0.15) is 0 Å². The van der Waals surface area contributed by atoms with Crippen molar-refractivity contribution in [3.63, 3.8) is 0 Å². The minimum absolute atomic E-state index is 2.18. The number of hydrogen-bond donors (Lipinski definition) is 0. The van der Waals surface area contributed by atoms with E-state index in [1.54, 1.807) is 0 Å². The first-order chi connectivity index (χ1) is 23.3. The van der Waals surface area contributed by atoms with Crippen LogP contribution in [0.4, 0.5) is 96.6 Å². The Morgan fingerprint density at radius 1 is 0.275 bits per heavy atom. The Hall–Kier alpha value is -4.27. The standard InChI is InChI=1S/C26F22O2Te/c27-3-1(25(43,44)45)4(28)8(32)19(7(3)31)49-21-11(35)15(39)23(16(40)12(21)36)51-24-17(41)13(37)22(14(38)18(24)42)50-20-9(33)5(29)2(26(46,47)48)6(30)10(20)34. The SMILES string of the molecule is Fc1c(F)c([Te]c2c(F)c(F)c(Oc3c(F)c(F)c(C(F)(F)F)c(F)c3F)c(F)c2F)c(F)c(F)c1Oc1c(F)c(F)c(C(F)(F)F)c(F)c1F. The van der Waals surface area contributed by atoms with E-state index in [9.17, 15) is 96.6 Å². The first kappa shape index (κ1) is 39.5. The number of halogens is 22. The Bertz CT molecular complexity index is 1860. The second-order valence-electron chi connectivity index (χ2n) is 9.05. The molecule has 0 aromatic heterocycles. The van der Waals surface area contributed by atoms with Crippen LogP contribution in [0.1, 0.15) is 11.1 Å². The zero-order valence-electron chi connectivity index (χ0n) is 22.5. The molecular formula is C26F22O2Te. The second kappa shape index (κ2) is 13.4. The van der Waals surface area contributed by atoms with E-state index in [0.29, 0.717) is 0 Å². The van der Waals surface area contributed by atoms with Gasteiger partial charge in [-0.05, 0) is 0 Å². The monoisotopic (exact) mass is 892 g/mol. The molecule has 0 N–H and O–H groups in total. The van der Waals surface area contributed by atoms with Crippen LogP contribution in [0.25, 0.3) is 0 Å². The van der Waals surface area contributed by atoms with Gasteiger partial charge in [0, 0.05) is 0 Å². The van der Waals surface area contributed by atoms with Crippen LogP contribution in [0.5, 0.6) is 23.0 Å². The second-order valence-corrected chi connectivity index (χ2v) is 12.0. The molecule has 0 heterocycles. The van der Waals surface area contributed by atoms with Crippen molar-refractivity contribution in [2.75, 3.05) is 0 Å². The third kappa shape index (κ3) is 6.53. The van der Waals surface area contributed by atoms with E-state index in [4.69, 9.17) is 0 Å². The summed E-state index contributed by atoms with van der Waals surface area (Å²) >= 11 is -3.96. The Labute approximate surface area is 273 Å². The molecule has 0 spiro atoms. The van der Waals surface area contributed by atoms with Gasteiger partial charge in [0.05, 0.1) is 0 Å². The Morgan fingerprint density at radius 2 is 0.451 bits per heavy atom. The summed E-state index contributed by atoms with van der Waals surface area (Å²) in [5, 5.41) is 0. The van der Waals surface area contributed by atoms with Crippen molar-refractivity contribution in [2.45, 2.75) is 12.4 Å². The van der Waals surface area contributed by atoms with Crippen LogP contribution in [-0.4, -0.2) is 20.9 Å². The first-order valence-electron chi connectivity index (χ1n) is 11.9. The molecular weight excluding hydrogens is 890 g/mol. The van der Waals surface area contributed by atoms with E-state index in [2.05, 4.69) is 9.47 Å². The van der Waals surface area contributed by atoms with Crippen molar-refractivity contribution in [3.8, 4) is 23.0 Å². The van der Waals surface area contributed by atoms with Gasteiger partial charge >= 0.3 is 274 Å². The summed E-state index contributed by atoms with van der Waals surface area (Å²) in [4.78, 5) is 0. The number of benzene rings is 4. The first-order valence-corrected chi connectivity index (χ1v) is 14.2. The van der Waals surface area contributed by atoms with Gasteiger partial charge in [0.15, 0.2) is 0 Å². The van der Waals surface area contributed by atoms with Gasteiger partial charge in [-0.25, -0.2) is 0 Å². The number of alkyl halides is 6. The maximum absolute atomic E-state index is 14.8. The molecule has 0 saturated heterocycles. The van der Waals surface area contributed by atoms with Crippen molar-refractivity contribution in [3.05, 3.63) is 104 Å². The molecule has 276 valence electrons. The molecule has 4 rings (SSSR count). The molecule has 25 heteroatoms. The molecule has 0 unspecified atom stereocenters. The zero-order valence-corrected chi connectivity index (χ0v) is 24.9. The summed E-state index contributed by atoms with van der Waals surface area (Å²) in [5.41, 5.74) is -6.45. The normalized spacial score (nSPS) is 12.2. The summed E-state index contributed by atoms with van der Waals surface area (Å²) in [6.07, 6.45) is -12.3. The Morgan fingerprint density at radius 3 is 0.627 bits per heavy atom. The van der Waals surface area contributed by atoms with Crippen molar-refractivity contribution in [1.82, 2.24) is 0 Å². The van der Waals surface area contributed by atoms with E-state index >= 15 is 0 Å². The van der Waals surface area contributed by atoms with Gasteiger partial charge in [0.25, 0.3) is 0 Å². The van der Waals surface area contributed by atoms with E-state index in [0.717, 1.165) is 0 Å². The molecule has 0 aliphatic carbocycles. The summed E-state index contributed by atoms with van der Waals surface area (Å²) in [6.45, 7) is 0. The van der Waals surface area contributed by atoms with E-state index in [-0.39, 0.29) is 0 Å². The molecule has 51 heavy (non-hydrogen) atoms. The van der Waals surface area contributed by atoms with Gasteiger partial charge in [-0.15, -0.1) is 0 Å². The summed E-state index contributed by atoms with van der Waals surface area (Å²) in [6, 6.07) is 0. The molecule has 0 radical (unpaired) electrons. The molecule has 0 amide bonds. The zero-order chi connectivity index (χ0) is 39.0. The van der Waals surface area contributed by atoms with Crippen LogP contribution in [0.2, 0.25) is 0 Å². The van der Waals surface area contributed by atoms with Crippen LogP contribution >= 0.6 is 0 Å². The quantitative estimate of drug-likeness (QED) is 0.109. The average Bonchev–Trinajstić information content (AvgIpc) is 3.02. The fraction of sp³-hybridized carbons (Fsp3) is 0.0769. The van der Waals surface area contributed by atoms with Crippen LogP contribution in [0.15, 0.2) is 0 Å².